The van der Waals surface area contributed by atoms with E-state index >= 15 is 0 Å². The van der Waals surface area contributed by atoms with E-state index in [1.54, 1.807) is 12.3 Å². The van der Waals surface area contributed by atoms with Crippen molar-refractivity contribution in [3.05, 3.63) is 41.6 Å². The molecule has 0 saturated carbocycles. The molecule has 1 amide bonds. The van der Waals surface area contributed by atoms with Crippen LogP contribution in [0.1, 0.15) is 34.2 Å². The molecule has 0 saturated heterocycles. The minimum atomic E-state index is -0.236. The van der Waals surface area contributed by atoms with Gasteiger partial charge >= 0.3 is 0 Å². The molecule has 108 valence electrons. The number of anilines is 1. The molecular formula is C14H12BrN3O3. The van der Waals surface area contributed by atoms with Crippen LogP contribution in [0.4, 0.5) is 5.95 Å². The lowest BCUT2D eigenvalue weighted by atomic mass is 9.85. The number of Topliss-reactive ketones (excluding diaryl/α,β-unsaturated/α-hetero) is 1. The molecule has 0 fully saturated rings. The number of nitrogens with zero attached hydrogens (tertiary/aromatic N) is 2. The van der Waals surface area contributed by atoms with E-state index < -0.39 is 0 Å². The predicted molar refractivity (Wildman–Crippen MR) is 78.6 cm³/mol. The summed E-state index contributed by atoms with van der Waals surface area (Å²) in [6.07, 6.45) is 4.05. The maximum Gasteiger partial charge on any atom is 0.237 e. The fourth-order valence-electron chi connectivity index (χ4n) is 2.39. The van der Waals surface area contributed by atoms with Crippen molar-refractivity contribution in [2.24, 2.45) is 0 Å². The largest absolute Gasteiger partial charge is 0.469 e. The Morgan fingerprint density at radius 2 is 2.33 bits per heavy atom. The Hall–Kier alpha value is -2.02. The molecule has 3 rings (SSSR count). The maximum atomic E-state index is 12.2. The maximum absolute atomic E-state index is 12.2. The molecule has 0 bridgehead atoms. The molecule has 21 heavy (non-hydrogen) atoms. The first-order valence-corrected chi connectivity index (χ1v) is 7.58. The van der Waals surface area contributed by atoms with Crippen molar-refractivity contribution in [2.75, 3.05) is 10.6 Å². The van der Waals surface area contributed by atoms with Gasteiger partial charge in [-0.3, -0.25) is 14.9 Å². The molecule has 1 aliphatic carbocycles. The minimum Gasteiger partial charge on any atom is -0.469 e. The molecule has 7 heteroatoms. The molecule has 0 aromatic carbocycles. The van der Waals surface area contributed by atoms with E-state index in [-0.39, 0.29) is 28.9 Å². The van der Waals surface area contributed by atoms with E-state index in [1.165, 1.54) is 6.20 Å². The molecular weight excluding hydrogens is 338 g/mol. The summed E-state index contributed by atoms with van der Waals surface area (Å²) < 4.78 is 5.38. The SMILES string of the molecule is O=C(CBr)Nc1ncc2c(n1)C[C@H](c1ccco1)CC2=O. The van der Waals surface area contributed by atoms with Gasteiger partial charge in [-0.1, -0.05) is 15.9 Å². The Balaban J connectivity index is 1.88. The summed E-state index contributed by atoms with van der Waals surface area (Å²) >= 11 is 3.06. The second-order valence-electron chi connectivity index (χ2n) is 4.78. The van der Waals surface area contributed by atoms with Gasteiger partial charge in [-0.15, -0.1) is 0 Å². The standard InChI is InChI=1S/C14H12BrN3O3/c15-6-13(20)18-14-16-7-9-10(17-14)4-8(5-11(9)19)12-2-1-3-21-12/h1-3,7-8H,4-6H2,(H,16,17,18,20)/t8-/m0/s1. The van der Waals surface area contributed by atoms with E-state index in [0.29, 0.717) is 24.1 Å². The zero-order valence-electron chi connectivity index (χ0n) is 11.0. The summed E-state index contributed by atoms with van der Waals surface area (Å²) in [5.74, 6) is 0.732. The number of ketones is 1. The summed E-state index contributed by atoms with van der Waals surface area (Å²) in [6, 6.07) is 3.66. The molecule has 1 atom stereocenters. The van der Waals surface area contributed by atoms with Gasteiger partial charge in [-0.2, -0.15) is 0 Å². The number of furan rings is 1. The average Bonchev–Trinajstić information content (AvgIpc) is 3.01. The predicted octanol–water partition coefficient (Wildman–Crippen LogP) is 2.32. The quantitative estimate of drug-likeness (QED) is 0.859. The Bertz CT molecular complexity index is 685. The summed E-state index contributed by atoms with van der Waals surface area (Å²) in [5.41, 5.74) is 1.17. The van der Waals surface area contributed by atoms with Crippen molar-refractivity contribution in [1.29, 1.82) is 0 Å². The highest BCUT2D eigenvalue weighted by Crippen LogP contribution is 2.32. The van der Waals surface area contributed by atoms with Crippen molar-refractivity contribution in [3.8, 4) is 0 Å². The molecule has 6 nitrogen and oxygen atoms in total. The fraction of sp³-hybridized carbons (Fsp3) is 0.286. The van der Waals surface area contributed by atoms with Crippen LogP contribution < -0.4 is 5.32 Å². The zero-order chi connectivity index (χ0) is 14.8. The number of amides is 1. The van der Waals surface area contributed by atoms with Gasteiger partial charge in [0.2, 0.25) is 11.9 Å². The molecule has 0 aliphatic heterocycles. The number of nitrogens with one attached hydrogen (secondary N) is 1. The number of carbonyl (C=O) groups is 2. The highest BCUT2D eigenvalue weighted by Gasteiger charge is 2.29. The lowest BCUT2D eigenvalue weighted by molar-refractivity contribution is -0.113. The monoisotopic (exact) mass is 349 g/mol. The van der Waals surface area contributed by atoms with Gasteiger partial charge < -0.3 is 4.42 Å². The van der Waals surface area contributed by atoms with Gasteiger partial charge in [0, 0.05) is 25.0 Å². The lowest BCUT2D eigenvalue weighted by Crippen LogP contribution is -2.22. The van der Waals surface area contributed by atoms with Crippen LogP contribution in [0.2, 0.25) is 0 Å². The first-order chi connectivity index (χ1) is 10.2. The third-order valence-electron chi connectivity index (χ3n) is 3.36. The highest BCUT2D eigenvalue weighted by atomic mass is 79.9. The number of aromatic nitrogens is 2. The molecule has 2 aromatic heterocycles. The summed E-state index contributed by atoms with van der Waals surface area (Å²) in [4.78, 5) is 31.8. The van der Waals surface area contributed by atoms with Crippen LogP contribution in [0.3, 0.4) is 0 Å². The van der Waals surface area contributed by atoms with Crippen LogP contribution in [-0.2, 0) is 11.2 Å². The summed E-state index contributed by atoms with van der Waals surface area (Å²) in [7, 11) is 0. The molecule has 2 aromatic rings. The van der Waals surface area contributed by atoms with Gasteiger partial charge in [0.1, 0.15) is 5.76 Å². The van der Waals surface area contributed by atoms with Gasteiger partial charge in [0.25, 0.3) is 0 Å². The molecule has 1 N–H and O–H groups in total. The minimum absolute atomic E-state index is 0.00369. The van der Waals surface area contributed by atoms with Crippen molar-refractivity contribution in [1.82, 2.24) is 9.97 Å². The van der Waals surface area contributed by atoms with Crippen LogP contribution >= 0.6 is 15.9 Å². The zero-order valence-corrected chi connectivity index (χ0v) is 12.6. The van der Waals surface area contributed by atoms with Crippen LogP contribution in [-0.4, -0.2) is 27.0 Å². The van der Waals surface area contributed by atoms with Gasteiger partial charge in [0.05, 0.1) is 22.9 Å². The molecule has 0 spiro atoms. The number of alkyl halides is 1. The number of halogens is 1. The first kappa shape index (κ1) is 13.9. The first-order valence-electron chi connectivity index (χ1n) is 6.45. The highest BCUT2D eigenvalue weighted by molar-refractivity contribution is 9.09. The Labute approximate surface area is 129 Å². The van der Waals surface area contributed by atoms with Crippen molar-refractivity contribution >= 4 is 33.6 Å². The van der Waals surface area contributed by atoms with Crippen LogP contribution in [0.15, 0.2) is 29.0 Å². The number of hydrogen-bond donors (Lipinski definition) is 1. The fourth-order valence-corrected chi connectivity index (χ4v) is 2.53. The summed E-state index contributed by atoms with van der Waals surface area (Å²) in [6.45, 7) is 0. The summed E-state index contributed by atoms with van der Waals surface area (Å²) in [5, 5.41) is 2.73. The second-order valence-corrected chi connectivity index (χ2v) is 5.34. The van der Waals surface area contributed by atoms with E-state index in [2.05, 4.69) is 31.2 Å². The average molecular weight is 350 g/mol. The molecule has 0 unspecified atom stereocenters. The van der Waals surface area contributed by atoms with Crippen LogP contribution in [0.5, 0.6) is 0 Å². The van der Waals surface area contributed by atoms with E-state index in [9.17, 15) is 9.59 Å². The van der Waals surface area contributed by atoms with E-state index in [1.807, 2.05) is 6.07 Å². The third-order valence-corrected chi connectivity index (χ3v) is 3.87. The number of rotatable bonds is 3. The van der Waals surface area contributed by atoms with Crippen LogP contribution in [0, 0.1) is 0 Å². The molecule has 0 radical (unpaired) electrons. The van der Waals surface area contributed by atoms with Gasteiger partial charge in [-0.25, -0.2) is 9.97 Å². The second kappa shape index (κ2) is 5.77. The molecule has 1 aliphatic rings. The lowest BCUT2D eigenvalue weighted by Gasteiger charge is -2.21. The number of fused-ring (bicyclic) bond motifs is 1. The van der Waals surface area contributed by atoms with E-state index in [0.717, 1.165) is 5.76 Å². The molecule has 2 heterocycles. The normalized spacial score (nSPS) is 17.4. The Kier molecular flexibility index (Phi) is 3.83. The van der Waals surface area contributed by atoms with Gasteiger partial charge in [-0.05, 0) is 12.1 Å². The van der Waals surface area contributed by atoms with Gasteiger partial charge in [0.15, 0.2) is 5.78 Å². The van der Waals surface area contributed by atoms with Crippen molar-refractivity contribution in [2.45, 2.75) is 18.8 Å². The van der Waals surface area contributed by atoms with E-state index in [4.69, 9.17) is 4.42 Å². The number of carbonyl (C=O) groups excluding carboxylic acids is 2. The van der Waals surface area contributed by atoms with Crippen LogP contribution in [0.25, 0.3) is 0 Å². The third kappa shape index (κ3) is 2.87. The topological polar surface area (TPSA) is 85.1 Å². The number of hydrogen-bond acceptors (Lipinski definition) is 5. The van der Waals surface area contributed by atoms with Crippen molar-refractivity contribution in [3.63, 3.8) is 0 Å². The smallest absolute Gasteiger partial charge is 0.237 e. The Morgan fingerprint density at radius 1 is 1.48 bits per heavy atom. The van der Waals surface area contributed by atoms with Crippen molar-refractivity contribution < 1.29 is 14.0 Å². The Morgan fingerprint density at radius 3 is 3.05 bits per heavy atom.